The fourth-order valence-electron chi connectivity index (χ4n) is 2.83. The van der Waals surface area contributed by atoms with E-state index in [4.69, 9.17) is 0 Å². The van der Waals surface area contributed by atoms with Crippen molar-refractivity contribution in [1.29, 1.82) is 0 Å². The van der Waals surface area contributed by atoms with Crippen molar-refractivity contribution in [3.63, 3.8) is 0 Å². The van der Waals surface area contributed by atoms with E-state index < -0.39 is 0 Å². The molecule has 2 N–H and O–H groups in total. The van der Waals surface area contributed by atoms with Crippen molar-refractivity contribution in [3.8, 4) is 0 Å². The number of nitrogens with zero attached hydrogens (tertiary/aromatic N) is 3. The normalized spacial score (nSPS) is 20.4. The van der Waals surface area contributed by atoms with Crippen LogP contribution in [0.3, 0.4) is 0 Å². The zero-order valence-electron chi connectivity index (χ0n) is 10.2. The van der Waals surface area contributed by atoms with Gasteiger partial charge in [-0.05, 0) is 19.3 Å². The molecule has 1 saturated heterocycles. The summed E-state index contributed by atoms with van der Waals surface area (Å²) in [7, 11) is 0. The molecule has 0 amide bonds. The van der Waals surface area contributed by atoms with E-state index in [9.17, 15) is 5.11 Å². The summed E-state index contributed by atoms with van der Waals surface area (Å²) in [5.74, 6) is 1.07. The number of rotatable bonds is 2. The van der Waals surface area contributed by atoms with Crippen LogP contribution in [0.5, 0.6) is 0 Å². The Hall–Kier alpha value is -1.07. The first-order valence-electron chi connectivity index (χ1n) is 6.55. The Morgan fingerprint density at radius 2 is 2.00 bits per heavy atom. The molecule has 17 heavy (non-hydrogen) atoms. The van der Waals surface area contributed by atoms with Crippen LogP contribution in [0.2, 0.25) is 0 Å². The Labute approximate surface area is 101 Å². The second-order valence-corrected chi connectivity index (χ2v) is 4.81. The number of fused-ring (bicyclic) bond motifs is 1. The molecule has 3 rings (SSSR count). The minimum atomic E-state index is 0.0709. The maximum atomic E-state index is 9.40. The number of imidazole rings is 1. The largest absolute Gasteiger partial charge is 0.390 e. The van der Waals surface area contributed by atoms with Crippen LogP contribution < -0.4 is 10.2 Å². The molecule has 1 aromatic heterocycles. The van der Waals surface area contributed by atoms with Gasteiger partial charge >= 0.3 is 0 Å². The van der Waals surface area contributed by atoms with Crippen LogP contribution in [-0.2, 0) is 19.6 Å². The smallest absolute Gasteiger partial charge is 0.206 e. The zero-order chi connectivity index (χ0) is 11.7. The summed E-state index contributed by atoms with van der Waals surface area (Å²) in [4.78, 5) is 6.98. The molecule has 0 radical (unpaired) electrons. The highest BCUT2D eigenvalue weighted by Gasteiger charge is 2.23. The third-order valence-corrected chi connectivity index (χ3v) is 3.73. The minimum absolute atomic E-state index is 0.0709. The predicted molar refractivity (Wildman–Crippen MR) is 66.2 cm³/mol. The molecule has 5 nitrogen and oxygen atoms in total. The van der Waals surface area contributed by atoms with Gasteiger partial charge in [-0.25, -0.2) is 4.98 Å². The number of hydrogen-bond acceptors (Lipinski definition) is 4. The second-order valence-electron chi connectivity index (χ2n) is 4.81. The zero-order valence-corrected chi connectivity index (χ0v) is 10.2. The van der Waals surface area contributed by atoms with E-state index >= 15 is 0 Å². The Balaban J connectivity index is 1.95. The van der Waals surface area contributed by atoms with E-state index in [-0.39, 0.29) is 6.61 Å². The molecule has 5 heteroatoms. The van der Waals surface area contributed by atoms with Crippen LogP contribution in [0.15, 0.2) is 0 Å². The average Bonchev–Trinajstić information content (AvgIpc) is 2.78. The van der Waals surface area contributed by atoms with Crippen LogP contribution >= 0.6 is 0 Å². The van der Waals surface area contributed by atoms with E-state index in [1.54, 1.807) is 0 Å². The molecule has 0 spiro atoms. The molecule has 94 valence electrons. The number of aliphatic hydroxyl groups is 1. The number of nitrogens with one attached hydrogen (secondary N) is 1. The van der Waals surface area contributed by atoms with Crippen molar-refractivity contribution in [2.75, 3.05) is 31.1 Å². The van der Waals surface area contributed by atoms with E-state index in [0.29, 0.717) is 0 Å². The molecule has 0 atom stereocenters. The SMILES string of the molecule is OCc1nc(N2CCNCC2)n2c1CCCC2. The standard InChI is InChI=1S/C12H20N4O/c17-9-10-11-3-1-2-6-16(11)12(14-10)15-7-4-13-5-8-15/h13,17H,1-9H2. The summed E-state index contributed by atoms with van der Waals surface area (Å²) in [5.41, 5.74) is 2.14. The van der Waals surface area contributed by atoms with Crippen LogP contribution in [0.1, 0.15) is 24.2 Å². The fraction of sp³-hybridized carbons (Fsp3) is 0.750. The summed E-state index contributed by atoms with van der Waals surface area (Å²) in [6.45, 7) is 5.21. The Morgan fingerprint density at radius 3 is 2.76 bits per heavy atom. The third-order valence-electron chi connectivity index (χ3n) is 3.73. The molecule has 0 saturated carbocycles. The van der Waals surface area contributed by atoms with Gasteiger partial charge in [0.1, 0.15) is 0 Å². The lowest BCUT2D eigenvalue weighted by Crippen LogP contribution is -2.44. The molecule has 0 aromatic carbocycles. The lowest BCUT2D eigenvalue weighted by molar-refractivity contribution is 0.275. The number of anilines is 1. The third kappa shape index (κ3) is 1.93. The van der Waals surface area contributed by atoms with Crippen LogP contribution in [0.25, 0.3) is 0 Å². The van der Waals surface area contributed by atoms with Gasteiger partial charge in [0.2, 0.25) is 5.95 Å². The van der Waals surface area contributed by atoms with Gasteiger partial charge in [0, 0.05) is 38.4 Å². The van der Waals surface area contributed by atoms with E-state index in [2.05, 4.69) is 19.8 Å². The summed E-state index contributed by atoms with van der Waals surface area (Å²) in [6.07, 6.45) is 3.52. The summed E-state index contributed by atoms with van der Waals surface area (Å²) in [6, 6.07) is 0. The topological polar surface area (TPSA) is 53.3 Å². The first-order chi connectivity index (χ1) is 8.40. The second kappa shape index (κ2) is 4.66. The molecule has 0 aliphatic carbocycles. The Bertz CT molecular complexity index is 395. The highest BCUT2D eigenvalue weighted by atomic mass is 16.3. The lowest BCUT2D eigenvalue weighted by Gasteiger charge is -2.30. The summed E-state index contributed by atoms with van der Waals surface area (Å²) in [5, 5.41) is 12.8. The molecule has 2 aliphatic rings. The monoisotopic (exact) mass is 236 g/mol. The lowest BCUT2D eigenvalue weighted by atomic mass is 10.1. The predicted octanol–water partition coefficient (Wildman–Crippen LogP) is 0.121. The first kappa shape index (κ1) is 11.0. The van der Waals surface area contributed by atoms with Crippen molar-refractivity contribution >= 4 is 5.95 Å². The van der Waals surface area contributed by atoms with Crippen molar-refractivity contribution in [1.82, 2.24) is 14.9 Å². The van der Waals surface area contributed by atoms with Gasteiger partial charge < -0.3 is 19.9 Å². The highest BCUT2D eigenvalue weighted by Crippen LogP contribution is 2.26. The van der Waals surface area contributed by atoms with Gasteiger partial charge in [0.05, 0.1) is 12.3 Å². The van der Waals surface area contributed by atoms with E-state index in [1.807, 2.05) is 0 Å². The summed E-state index contributed by atoms with van der Waals surface area (Å²) < 4.78 is 2.32. The Kier molecular flexibility index (Phi) is 3.03. The number of aliphatic hydroxyl groups excluding tert-OH is 1. The molecular formula is C12H20N4O. The van der Waals surface area contributed by atoms with Gasteiger partial charge in [0.15, 0.2) is 0 Å². The molecule has 0 bridgehead atoms. The molecular weight excluding hydrogens is 216 g/mol. The average molecular weight is 236 g/mol. The van der Waals surface area contributed by atoms with Crippen molar-refractivity contribution in [2.24, 2.45) is 0 Å². The molecule has 2 aliphatic heterocycles. The minimum Gasteiger partial charge on any atom is -0.390 e. The highest BCUT2D eigenvalue weighted by molar-refractivity contribution is 5.39. The van der Waals surface area contributed by atoms with E-state index in [0.717, 1.165) is 50.8 Å². The number of aromatic nitrogens is 2. The van der Waals surface area contributed by atoms with Gasteiger partial charge in [-0.2, -0.15) is 0 Å². The molecule has 1 aromatic rings. The Morgan fingerprint density at radius 1 is 1.18 bits per heavy atom. The van der Waals surface area contributed by atoms with Gasteiger partial charge in [-0.1, -0.05) is 0 Å². The van der Waals surface area contributed by atoms with E-state index in [1.165, 1.54) is 18.5 Å². The molecule has 1 fully saturated rings. The number of hydrogen-bond donors (Lipinski definition) is 2. The molecule has 3 heterocycles. The van der Waals surface area contributed by atoms with Crippen LogP contribution in [-0.4, -0.2) is 40.8 Å². The quantitative estimate of drug-likeness (QED) is 0.766. The first-order valence-corrected chi connectivity index (χ1v) is 6.55. The van der Waals surface area contributed by atoms with Crippen LogP contribution in [0.4, 0.5) is 5.95 Å². The molecule has 0 unspecified atom stereocenters. The number of piperazine rings is 1. The van der Waals surface area contributed by atoms with Crippen molar-refractivity contribution in [2.45, 2.75) is 32.4 Å². The maximum absolute atomic E-state index is 9.40. The van der Waals surface area contributed by atoms with Gasteiger partial charge in [-0.3, -0.25) is 0 Å². The van der Waals surface area contributed by atoms with Crippen LogP contribution in [0, 0.1) is 0 Å². The van der Waals surface area contributed by atoms with Gasteiger partial charge in [-0.15, -0.1) is 0 Å². The van der Waals surface area contributed by atoms with Crippen molar-refractivity contribution < 1.29 is 5.11 Å². The van der Waals surface area contributed by atoms with Crippen molar-refractivity contribution in [3.05, 3.63) is 11.4 Å². The summed E-state index contributed by atoms with van der Waals surface area (Å²) >= 11 is 0. The fourth-order valence-corrected chi connectivity index (χ4v) is 2.83. The van der Waals surface area contributed by atoms with Gasteiger partial charge in [0.25, 0.3) is 0 Å². The maximum Gasteiger partial charge on any atom is 0.206 e.